The van der Waals surface area contributed by atoms with Gasteiger partial charge in [-0.1, -0.05) is 17.7 Å². The Balaban J connectivity index is 2.07. The zero-order chi connectivity index (χ0) is 13.8. The summed E-state index contributed by atoms with van der Waals surface area (Å²) >= 11 is 5.93. The highest BCUT2D eigenvalue weighted by Gasteiger charge is 2.15. The Bertz CT molecular complexity index is 538. The number of halogens is 2. The summed E-state index contributed by atoms with van der Waals surface area (Å²) in [4.78, 5) is 4.08. The summed E-state index contributed by atoms with van der Waals surface area (Å²) in [5.41, 5.74) is 0.333. The van der Waals surface area contributed by atoms with Crippen molar-refractivity contribution in [1.82, 2.24) is 14.8 Å². The second kappa shape index (κ2) is 6.12. The SMILES string of the molecule is CCn1ncnc1CC(O)Cc1c(F)cccc1Cl. The van der Waals surface area contributed by atoms with Crippen LogP contribution in [0.1, 0.15) is 18.3 Å². The zero-order valence-corrected chi connectivity index (χ0v) is 11.3. The van der Waals surface area contributed by atoms with Gasteiger partial charge >= 0.3 is 0 Å². The Morgan fingerprint density at radius 1 is 1.42 bits per heavy atom. The van der Waals surface area contributed by atoms with Crippen molar-refractivity contribution in [2.24, 2.45) is 0 Å². The average Bonchev–Trinajstić information content (AvgIpc) is 2.81. The normalized spacial score (nSPS) is 12.6. The minimum atomic E-state index is -0.746. The summed E-state index contributed by atoms with van der Waals surface area (Å²) < 4.78 is 15.3. The molecular formula is C13H15ClFN3O. The van der Waals surface area contributed by atoms with E-state index in [0.29, 0.717) is 29.4 Å². The number of hydrogen-bond acceptors (Lipinski definition) is 3. The highest BCUT2D eigenvalue weighted by atomic mass is 35.5. The lowest BCUT2D eigenvalue weighted by Gasteiger charge is -2.12. The van der Waals surface area contributed by atoms with E-state index in [9.17, 15) is 9.50 Å². The van der Waals surface area contributed by atoms with Gasteiger partial charge in [-0.25, -0.2) is 9.37 Å². The van der Waals surface area contributed by atoms with Crippen molar-refractivity contribution in [1.29, 1.82) is 0 Å². The van der Waals surface area contributed by atoms with Crippen LogP contribution in [-0.4, -0.2) is 26.0 Å². The summed E-state index contributed by atoms with van der Waals surface area (Å²) in [7, 11) is 0. The molecule has 0 aliphatic carbocycles. The van der Waals surface area contributed by atoms with Crippen LogP contribution in [0.2, 0.25) is 5.02 Å². The Hall–Kier alpha value is -1.46. The van der Waals surface area contributed by atoms with E-state index >= 15 is 0 Å². The van der Waals surface area contributed by atoms with Gasteiger partial charge in [0.05, 0.1) is 6.10 Å². The molecule has 0 spiro atoms. The van der Waals surface area contributed by atoms with Crippen LogP contribution < -0.4 is 0 Å². The molecule has 0 saturated heterocycles. The number of nitrogens with zero attached hydrogens (tertiary/aromatic N) is 3. The highest BCUT2D eigenvalue weighted by molar-refractivity contribution is 6.31. The lowest BCUT2D eigenvalue weighted by atomic mass is 10.0. The van der Waals surface area contributed by atoms with Crippen molar-refractivity contribution in [2.45, 2.75) is 32.4 Å². The fourth-order valence-corrected chi connectivity index (χ4v) is 2.20. The van der Waals surface area contributed by atoms with E-state index in [1.165, 1.54) is 12.4 Å². The Labute approximate surface area is 115 Å². The van der Waals surface area contributed by atoms with E-state index in [1.54, 1.807) is 16.8 Å². The molecular weight excluding hydrogens is 269 g/mol. The molecule has 1 aromatic heterocycles. The number of benzene rings is 1. The zero-order valence-electron chi connectivity index (χ0n) is 10.6. The maximum absolute atomic E-state index is 13.6. The van der Waals surface area contributed by atoms with Gasteiger partial charge in [0.1, 0.15) is 18.0 Å². The molecule has 0 aliphatic heterocycles. The lowest BCUT2D eigenvalue weighted by Crippen LogP contribution is -2.18. The van der Waals surface area contributed by atoms with Gasteiger partial charge in [0.15, 0.2) is 0 Å². The number of aryl methyl sites for hydroxylation is 1. The molecule has 1 unspecified atom stereocenters. The van der Waals surface area contributed by atoms with Crippen molar-refractivity contribution in [3.63, 3.8) is 0 Å². The minimum Gasteiger partial charge on any atom is -0.392 e. The number of rotatable bonds is 5. The standard InChI is InChI=1S/C13H15ClFN3O/c1-2-18-13(16-8-17-18)7-9(19)6-10-11(14)4-3-5-12(10)15/h3-5,8-9,19H,2,6-7H2,1H3. The average molecular weight is 284 g/mol. The molecule has 4 nitrogen and oxygen atoms in total. The monoisotopic (exact) mass is 283 g/mol. The smallest absolute Gasteiger partial charge is 0.138 e. The van der Waals surface area contributed by atoms with Crippen LogP contribution in [0, 0.1) is 5.82 Å². The molecule has 1 aromatic carbocycles. The first-order valence-corrected chi connectivity index (χ1v) is 6.47. The summed E-state index contributed by atoms with van der Waals surface area (Å²) in [6.45, 7) is 2.63. The van der Waals surface area contributed by atoms with Gasteiger partial charge in [-0.05, 0) is 19.1 Å². The van der Waals surface area contributed by atoms with Gasteiger partial charge < -0.3 is 5.11 Å². The molecule has 6 heteroatoms. The first kappa shape index (κ1) is 14.0. The minimum absolute atomic E-state index is 0.155. The van der Waals surface area contributed by atoms with E-state index < -0.39 is 11.9 Å². The molecule has 0 fully saturated rings. The third kappa shape index (κ3) is 3.30. The molecule has 19 heavy (non-hydrogen) atoms. The molecule has 0 bridgehead atoms. The first-order valence-electron chi connectivity index (χ1n) is 6.09. The Kier molecular flexibility index (Phi) is 4.50. The van der Waals surface area contributed by atoms with Crippen molar-refractivity contribution in [2.75, 3.05) is 0 Å². The predicted octanol–water partition coefficient (Wildman–Crippen LogP) is 2.24. The van der Waals surface area contributed by atoms with Crippen molar-refractivity contribution >= 4 is 11.6 Å². The molecule has 1 heterocycles. The number of hydrogen-bond donors (Lipinski definition) is 1. The van der Waals surface area contributed by atoms with Crippen LogP contribution in [-0.2, 0) is 19.4 Å². The van der Waals surface area contributed by atoms with E-state index in [1.807, 2.05) is 6.92 Å². The maximum Gasteiger partial charge on any atom is 0.138 e. The van der Waals surface area contributed by atoms with Gasteiger partial charge in [-0.3, -0.25) is 4.68 Å². The molecule has 0 saturated carbocycles. The van der Waals surface area contributed by atoms with Crippen LogP contribution in [0.3, 0.4) is 0 Å². The fraction of sp³-hybridized carbons (Fsp3) is 0.385. The Morgan fingerprint density at radius 2 is 2.21 bits per heavy atom. The van der Waals surface area contributed by atoms with Crippen molar-refractivity contribution in [3.8, 4) is 0 Å². The van der Waals surface area contributed by atoms with Gasteiger partial charge in [-0.15, -0.1) is 0 Å². The van der Waals surface area contributed by atoms with Crippen LogP contribution in [0.5, 0.6) is 0 Å². The summed E-state index contributed by atoms with van der Waals surface area (Å²) in [5, 5.41) is 14.4. The lowest BCUT2D eigenvalue weighted by molar-refractivity contribution is 0.170. The van der Waals surface area contributed by atoms with Gasteiger partial charge in [0.2, 0.25) is 0 Å². The topological polar surface area (TPSA) is 50.9 Å². The molecule has 102 valence electrons. The third-order valence-corrected chi connectivity index (χ3v) is 3.27. The largest absolute Gasteiger partial charge is 0.392 e. The molecule has 1 N–H and O–H groups in total. The number of aromatic nitrogens is 3. The molecule has 1 atom stereocenters. The highest BCUT2D eigenvalue weighted by Crippen LogP contribution is 2.21. The van der Waals surface area contributed by atoms with Crippen LogP contribution in [0.25, 0.3) is 0 Å². The summed E-state index contributed by atoms with van der Waals surface area (Å²) in [6.07, 6.45) is 1.17. The molecule has 2 rings (SSSR count). The quantitative estimate of drug-likeness (QED) is 0.915. The van der Waals surface area contributed by atoms with Crippen LogP contribution in [0.4, 0.5) is 4.39 Å². The Morgan fingerprint density at radius 3 is 2.89 bits per heavy atom. The predicted molar refractivity (Wildman–Crippen MR) is 70.5 cm³/mol. The molecule has 0 radical (unpaired) electrons. The van der Waals surface area contributed by atoms with E-state index in [2.05, 4.69) is 10.1 Å². The van der Waals surface area contributed by atoms with E-state index in [4.69, 9.17) is 11.6 Å². The molecule has 0 amide bonds. The fourth-order valence-electron chi connectivity index (χ4n) is 1.96. The first-order chi connectivity index (χ1) is 9.11. The number of aliphatic hydroxyl groups excluding tert-OH is 1. The van der Waals surface area contributed by atoms with Gasteiger partial charge in [0, 0.05) is 30.0 Å². The van der Waals surface area contributed by atoms with Crippen molar-refractivity contribution in [3.05, 3.63) is 46.8 Å². The molecule has 0 aliphatic rings. The van der Waals surface area contributed by atoms with E-state index in [0.717, 1.165) is 0 Å². The van der Waals surface area contributed by atoms with Crippen molar-refractivity contribution < 1.29 is 9.50 Å². The third-order valence-electron chi connectivity index (χ3n) is 2.91. The van der Waals surface area contributed by atoms with E-state index in [-0.39, 0.29) is 6.42 Å². The van der Waals surface area contributed by atoms with Gasteiger partial charge in [0.25, 0.3) is 0 Å². The number of aliphatic hydroxyl groups is 1. The van der Waals surface area contributed by atoms with Crippen LogP contribution in [0.15, 0.2) is 24.5 Å². The second-order valence-electron chi connectivity index (χ2n) is 4.25. The second-order valence-corrected chi connectivity index (χ2v) is 4.66. The van der Waals surface area contributed by atoms with Crippen LogP contribution >= 0.6 is 11.6 Å². The summed E-state index contributed by atoms with van der Waals surface area (Å²) in [5.74, 6) is 0.283. The summed E-state index contributed by atoms with van der Waals surface area (Å²) in [6, 6.07) is 4.49. The van der Waals surface area contributed by atoms with Gasteiger partial charge in [-0.2, -0.15) is 5.10 Å². The molecule has 2 aromatic rings. The maximum atomic E-state index is 13.6.